The van der Waals surface area contributed by atoms with Crippen LogP contribution in [0, 0.1) is 11.3 Å². The number of carbonyl (C=O) groups is 3. The van der Waals surface area contributed by atoms with Gasteiger partial charge < -0.3 is 16.0 Å². The zero-order chi connectivity index (χ0) is 31.6. The molecule has 4 aromatic carbocycles. The predicted molar refractivity (Wildman–Crippen MR) is 182 cm³/mol. The summed E-state index contributed by atoms with van der Waals surface area (Å²) < 4.78 is 0. The minimum Gasteiger partial charge on any atom is -0.321 e. The average molecular weight is 649 g/mol. The summed E-state index contributed by atoms with van der Waals surface area (Å²) >= 11 is 8.61. The molecule has 1 aromatic heterocycles. The molecule has 0 fully saturated rings. The Labute approximate surface area is 273 Å². The number of benzene rings is 4. The number of nitrogens with zero attached hydrogens (tertiary/aromatic N) is 1. The van der Waals surface area contributed by atoms with Crippen molar-refractivity contribution in [2.45, 2.75) is 4.90 Å². The highest BCUT2D eigenvalue weighted by atomic mass is 35.5. The minimum absolute atomic E-state index is 0.0442. The number of halogens is 1. The third-order valence-electron chi connectivity index (χ3n) is 6.41. The van der Waals surface area contributed by atoms with Crippen LogP contribution in [0.5, 0.6) is 0 Å². The predicted octanol–water partition coefficient (Wildman–Crippen LogP) is 8.08. The standard InChI is InChI=1S/C35H25ClN4O3S2/c36-26-16-14-23(15-17-26)18-31(39-33(42)25-10-5-2-6-11-25)34(43)38-27-12-7-13-28(19-27)44-22-32(41)40-35-29(20-37)30(21-45-35)24-8-3-1-4-9-24/h1-19,21H,22H2,(H,38,43)(H,39,42)(H,40,41)/b31-18+. The molecule has 10 heteroatoms. The summed E-state index contributed by atoms with van der Waals surface area (Å²) in [6.45, 7) is 0. The zero-order valence-corrected chi connectivity index (χ0v) is 26.0. The summed E-state index contributed by atoms with van der Waals surface area (Å²) in [5, 5.41) is 21.1. The van der Waals surface area contributed by atoms with Crippen molar-refractivity contribution in [3.05, 3.63) is 142 Å². The summed E-state index contributed by atoms with van der Waals surface area (Å²) in [7, 11) is 0. The van der Waals surface area contributed by atoms with Gasteiger partial charge in [-0.15, -0.1) is 23.1 Å². The first-order valence-electron chi connectivity index (χ1n) is 13.6. The fourth-order valence-electron chi connectivity index (χ4n) is 4.23. The monoisotopic (exact) mass is 648 g/mol. The van der Waals surface area contributed by atoms with Crippen molar-refractivity contribution in [3.63, 3.8) is 0 Å². The lowest BCUT2D eigenvalue weighted by molar-refractivity contribution is -0.114. The molecular weight excluding hydrogens is 624 g/mol. The summed E-state index contributed by atoms with van der Waals surface area (Å²) in [6.07, 6.45) is 1.57. The normalized spacial score (nSPS) is 10.9. The van der Waals surface area contributed by atoms with Crippen LogP contribution in [0.4, 0.5) is 10.7 Å². The van der Waals surface area contributed by atoms with Gasteiger partial charge >= 0.3 is 0 Å². The van der Waals surface area contributed by atoms with Crippen LogP contribution < -0.4 is 16.0 Å². The molecule has 0 unspecified atom stereocenters. The number of nitriles is 1. The zero-order valence-electron chi connectivity index (χ0n) is 23.6. The smallest absolute Gasteiger partial charge is 0.272 e. The van der Waals surface area contributed by atoms with E-state index in [9.17, 15) is 19.6 Å². The molecule has 3 amide bonds. The van der Waals surface area contributed by atoms with Crippen molar-refractivity contribution in [1.82, 2.24) is 5.32 Å². The van der Waals surface area contributed by atoms with E-state index in [0.717, 1.165) is 16.0 Å². The fourth-order valence-corrected chi connectivity index (χ4v) is 6.05. The number of thioether (sulfide) groups is 1. The summed E-state index contributed by atoms with van der Waals surface area (Å²) in [5.41, 5.74) is 3.72. The van der Waals surface area contributed by atoms with Crippen molar-refractivity contribution in [3.8, 4) is 17.2 Å². The number of rotatable bonds is 10. The molecule has 0 spiro atoms. The second-order valence-corrected chi connectivity index (χ2v) is 11.9. The number of amides is 3. The molecule has 45 heavy (non-hydrogen) atoms. The lowest BCUT2D eigenvalue weighted by atomic mass is 10.1. The first-order chi connectivity index (χ1) is 21.9. The van der Waals surface area contributed by atoms with Crippen LogP contribution >= 0.6 is 34.7 Å². The number of anilines is 2. The van der Waals surface area contributed by atoms with Crippen molar-refractivity contribution in [2.75, 3.05) is 16.4 Å². The van der Waals surface area contributed by atoms with Crippen LogP contribution in [0.25, 0.3) is 17.2 Å². The maximum atomic E-state index is 13.4. The second kappa shape index (κ2) is 15.0. The molecule has 5 aromatic rings. The van der Waals surface area contributed by atoms with Gasteiger partial charge in [0.1, 0.15) is 16.8 Å². The molecule has 1 heterocycles. The highest BCUT2D eigenvalue weighted by Crippen LogP contribution is 2.35. The average Bonchev–Trinajstić information content (AvgIpc) is 3.47. The first-order valence-corrected chi connectivity index (χ1v) is 15.9. The third-order valence-corrected chi connectivity index (χ3v) is 8.55. The van der Waals surface area contributed by atoms with Crippen LogP contribution in [0.2, 0.25) is 5.02 Å². The Morgan fingerprint density at radius 3 is 2.29 bits per heavy atom. The van der Waals surface area contributed by atoms with Crippen LogP contribution in [0.15, 0.2) is 125 Å². The molecule has 0 atom stereocenters. The highest BCUT2D eigenvalue weighted by molar-refractivity contribution is 8.00. The van der Waals surface area contributed by atoms with Gasteiger partial charge in [-0.1, -0.05) is 78.3 Å². The van der Waals surface area contributed by atoms with E-state index in [4.69, 9.17) is 11.6 Å². The van der Waals surface area contributed by atoms with Gasteiger partial charge in [-0.2, -0.15) is 5.26 Å². The number of nitrogens with one attached hydrogen (secondary N) is 3. The van der Waals surface area contributed by atoms with Crippen molar-refractivity contribution in [2.24, 2.45) is 0 Å². The van der Waals surface area contributed by atoms with E-state index in [-0.39, 0.29) is 17.4 Å². The van der Waals surface area contributed by atoms with E-state index >= 15 is 0 Å². The van der Waals surface area contributed by atoms with Gasteiger partial charge in [0.05, 0.1) is 11.3 Å². The molecule has 0 radical (unpaired) electrons. The Bertz CT molecular complexity index is 1900. The molecule has 0 saturated heterocycles. The fraction of sp³-hybridized carbons (Fsp3) is 0.0286. The van der Waals surface area contributed by atoms with Gasteiger partial charge in [-0.25, -0.2) is 0 Å². The molecule has 5 rings (SSSR count). The van der Waals surface area contributed by atoms with Crippen LogP contribution in [-0.2, 0) is 9.59 Å². The molecule has 3 N–H and O–H groups in total. The Hall–Kier alpha value is -5.14. The summed E-state index contributed by atoms with van der Waals surface area (Å²) in [5.74, 6) is -1.12. The SMILES string of the molecule is N#Cc1c(-c2ccccc2)csc1NC(=O)CSc1cccc(NC(=O)/C(=C\c2ccc(Cl)cc2)NC(=O)c2ccccc2)c1. The van der Waals surface area contributed by atoms with E-state index in [2.05, 4.69) is 22.0 Å². The van der Waals surface area contributed by atoms with E-state index in [1.165, 1.54) is 23.1 Å². The Morgan fingerprint density at radius 2 is 1.58 bits per heavy atom. The number of carbonyl (C=O) groups excluding carboxylic acids is 3. The minimum atomic E-state index is -0.523. The maximum Gasteiger partial charge on any atom is 0.272 e. The van der Waals surface area contributed by atoms with Gasteiger partial charge in [0.25, 0.3) is 11.8 Å². The lowest BCUT2D eigenvalue weighted by Crippen LogP contribution is -2.30. The number of hydrogen-bond acceptors (Lipinski definition) is 6. The third kappa shape index (κ3) is 8.49. The van der Waals surface area contributed by atoms with E-state index in [1.54, 1.807) is 78.9 Å². The molecule has 0 bridgehead atoms. The lowest BCUT2D eigenvalue weighted by Gasteiger charge is -2.12. The Morgan fingerprint density at radius 1 is 0.867 bits per heavy atom. The maximum absolute atomic E-state index is 13.4. The topological polar surface area (TPSA) is 111 Å². The van der Waals surface area contributed by atoms with Crippen molar-refractivity contribution >= 4 is 69.2 Å². The van der Waals surface area contributed by atoms with Crippen molar-refractivity contribution < 1.29 is 14.4 Å². The summed E-state index contributed by atoms with van der Waals surface area (Å²) in [6, 6.07) is 34.3. The largest absolute Gasteiger partial charge is 0.321 e. The quantitative estimate of drug-likeness (QED) is 0.105. The van der Waals surface area contributed by atoms with Gasteiger partial charge in [0.2, 0.25) is 5.91 Å². The van der Waals surface area contributed by atoms with Gasteiger partial charge in [-0.3, -0.25) is 14.4 Å². The second-order valence-electron chi connectivity index (χ2n) is 9.58. The molecule has 0 saturated carbocycles. The van der Waals surface area contributed by atoms with Crippen molar-refractivity contribution in [1.29, 1.82) is 5.26 Å². The first kappa shape index (κ1) is 31.3. The Balaban J connectivity index is 1.25. The van der Waals surface area contributed by atoms with Gasteiger partial charge in [-0.05, 0) is 59.7 Å². The highest BCUT2D eigenvalue weighted by Gasteiger charge is 2.17. The van der Waals surface area contributed by atoms with Gasteiger partial charge in [0.15, 0.2) is 0 Å². The molecular formula is C35H25ClN4O3S2. The molecule has 7 nitrogen and oxygen atoms in total. The van der Waals surface area contributed by atoms with Crippen LogP contribution in [-0.4, -0.2) is 23.5 Å². The number of thiophene rings is 1. The van der Waals surface area contributed by atoms with E-state index in [1.807, 2.05) is 41.8 Å². The summed E-state index contributed by atoms with van der Waals surface area (Å²) in [4.78, 5) is 39.8. The molecule has 222 valence electrons. The van der Waals surface area contributed by atoms with Crippen LogP contribution in [0.1, 0.15) is 21.5 Å². The molecule has 0 aliphatic rings. The Kier molecular flexibility index (Phi) is 10.5. The molecule has 0 aliphatic carbocycles. The van der Waals surface area contributed by atoms with Gasteiger partial charge in [0, 0.05) is 32.1 Å². The number of hydrogen-bond donors (Lipinski definition) is 3. The molecule has 0 aliphatic heterocycles. The van der Waals surface area contributed by atoms with E-state index in [0.29, 0.717) is 32.4 Å². The van der Waals surface area contributed by atoms with Crippen LogP contribution in [0.3, 0.4) is 0 Å². The van der Waals surface area contributed by atoms with E-state index < -0.39 is 11.8 Å².